The second-order valence-corrected chi connectivity index (χ2v) is 6.66. The monoisotopic (exact) mass is 384 g/mol. The Morgan fingerprint density at radius 2 is 2.15 bits per heavy atom. The molecule has 1 aliphatic carbocycles. The molecule has 1 saturated carbocycles. The van der Waals surface area contributed by atoms with Crippen molar-refractivity contribution in [1.82, 2.24) is 5.32 Å². The van der Waals surface area contributed by atoms with Crippen LogP contribution in [0.2, 0.25) is 0 Å². The highest BCUT2D eigenvalue weighted by Gasteiger charge is 2.35. The van der Waals surface area contributed by atoms with Crippen molar-refractivity contribution in [2.24, 2.45) is 5.92 Å². The minimum Gasteiger partial charge on any atom is -0.507 e. The fourth-order valence-electron chi connectivity index (χ4n) is 2.46. The minimum absolute atomic E-state index is 0.0847. The zero-order valence-electron chi connectivity index (χ0n) is 11.3. The third-order valence-corrected chi connectivity index (χ3v) is 4.82. The van der Waals surface area contributed by atoms with Crippen molar-refractivity contribution in [3.8, 4) is 11.8 Å². The number of phenolic OH excluding ortho intramolecular Hbond substituents is 1. The van der Waals surface area contributed by atoms with Gasteiger partial charge in [-0.15, -0.1) is 0 Å². The van der Waals surface area contributed by atoms with Crippen molar-refractivity contribution in [3.05, 3.63) is 27.3 Å². The Bertz CT molecular complexity index is 557. The van der Waals surface area contributed by atoms with Gasteiger partial charge in [0.2, 0.25) is 0 Å². The summed E-state index contributed by atoms with van der Waals surface area (Å²) < 4.78 is 0.695. The van der Waals surface area contributed by atoms with Gasteiger partial charge < -0.3 is 10.4 Å². The van der Waals surface area contributed by atoms with E-state index in [0.717, 1.165) is 12.8 Å². The topological polar surface area (TPSA) is 73.1 Å². The number of hydrogen-bond donors (Lipinski definition) is 2. The summed E-state index contributed by atoms with van der Waals surface area (Å²) >= 11 is 2.00. The van der Waals surface area contributed by atoms with Crippen LogP contribution in [-0.4, -0.2) is 16.6 Å². The fourth-order valence-corrected chi connectivity index (χ4v) is 2.80. The van der Waals surface area contributed by atoms with Crippen molar-refractivity contribution in [1.29, 1.82) is 5.26 Å². The van der Waals surface area contributed by atoms with Crippen LogP contribution in [0, 0.1) is 20.8 Å². The highest BCUT2D eigenvalue weighted by Crippen LogP contribution is 2.32. The Balaban J connectivity index is 2.13. The highest BCUT2D eigenvalue weighted by atomic mass is 127. The maximum Gasteiger partial charge on any atom is 0.252 e. The van der Waals surface area contributed by atoms with E-state index in [1.807, 2.05) is 22.6 Å². The van der Waals surface area contributed by atoms with Gasteiger partial charge in [-0.1, -0.05) is 6.92 Å². The first-order chi connectivity index (χ1) is 9.46. The number of benzene rings is 1. The van der Waals surface area contributed by atoms with Crippen molar-refractivity contribution in [2.45, 2.75) is 38.1 Å². The molecule has 1 aromatic rings. The average molecular weight is 384 g/mol. The number of halogens is 1. The van der Waals surface area contributed by atoms with Crippen LogP contribution < -0.4 is 5.32 Å². The summed E-state index contributed by atoms with van der Waals surface area (Å²) in [5.74, 6) is 0.394. The first kappa shape index (κ1) is 15.1. The van der Waals surface area contributed by atoms with Gasteiger partial charge in [0.1, 0.15) is 11.3 Å². The van der Waals surface area contributed by atoms with E-state index in [1.165, 1.54) is 6.07 Å². The van der Waals surface area contributed by atoms with Crippen LogP contribution >= 0.6 is 22.6 Å². The lowest BCUT2D eigenvalue weighted by Crippen LogP contribution is -2.49. The number of rotatable bonds is 2. The second-order valence-electron chi connectivity index (χ2n) is 5.50. The van der Waals surface area contributed by atoms with Crippen LogP contribution in [0.4, 0.5) is 0 Å². The van der Waals surface area contributed by atoms with Gasteiger partial charge in [-0.25, -0.2) is 0 Å². The quantitative estimate of drug-likeness (QED) is 0.770. The molecule has 0 spiro atoms. The molecule has 2 rings (SSSR count). The number of nitrogens with one attached hydrogen (secondary N) is 1. The van der Waals surface area contributed by atoms with Crippen LogP contribution in [0.25, 0.3) is 0 Å². The summed E-state index contributed by atoms with van der Waals surface area (Å²) in [5.41, 5.74) is -0.376. The van der Waals surface area contributed by atoms with Crippen LogP contribution in [0.3, 0.4) is 0 Å². The van der Waals surface area contributed by atoms with Gasteiger partial charge in [0.25, 0.3) is 5.91 Å². The first-order valence-electron chi connectivity index (χ1n) is 6.68. The van der Waals surface area contributed by atoms with E-state index in [-0.39, 0.29) is 11.7 Å². The standard InChI is InChI=1S/C15H17IN2O2/c1-10-4-6-15(9-17,7-5-10)18-14(20)11-2-3-12(16)13(19)8-11/h2-3,8,10,19H,4-7H2,1H3,(H,18,20). The summed E-state index contributed by atoms with van der Waals surface area (Å²) in [5, 5.41) is 21.9. The number of carbonyl (C=O) groups excluding carboxylic acids is 1. The predicted octanol–water partition coefficient (Wildman–Crippen LogP) is 3.20. The SMILES string of the molecule is CC1CCC(C#N)(NC(=O)c2ccc(I)c(O)c2)CC1. The zero-order chi connectivity index (χ0) is 14.8. The Kier molecular flexibility index (Phi) is 4.53. The van der Waals surface area contributed by atoms with E-state index in [2.05, 4.69) is 18.3 Å². The van der Waals surface area contributed by atoms with Crippen molar-refractivity contribution < 1.29 is 9.90 Å². The molecule has 4 nitrogen and oxygen atoms in total. The van der Waals surface area contributed by atoms with E-state index in [9.17, 15) is 15.2 Å². The lowest BCUT2D eigenvalue weighted by molar-refractivity contribution is 0.0893. The normalized spacial score (nSPS) is 25.8. The molecule has 0 bridgehead atoms. The molecule has 20 heavy (non-hydrogen) atoms. The number of aromatic hydroxyl groups is 1. The molecular formula is C15H17IN2O2. The van der Waals surface area contributed by atoms with Gasteiger partial charge in [0, 0.05) is 5.56 Å². The molecule has 1 amide bonds. The van der Waals surface area contributed by atoms with Gasteiger partial charge in [-0.05, 0) is 72.4 Å². The van der Waals surface area contributed by atoms with E-state index in [0.29, 0.717) is 27.9 Å². The summed E-state index contributed by atoms with van der Waals surface area (Å²) in [7, 11) is 0. The van der Waals surface area contributed by atoms with Crippen molar-refractivity contribution in [2.75, 3.05) is 0 Å². The lowest BCUT2D eigenvalue weighted by Gasteiger charge is -2.34. The van der Waals surface area contributed by atoms with Crippen molar-refractivity contribution in [3.63, 3.8) is 0 Å². The molecule has 0 atom stereocenters. The van der Waals surface area contributed by atoms with E-state index < -0.39 is 5.54 Å². The summed E-state index contributed by atoms with van der Waals surface area (Å²) in [4.78, 5) is 12.2. The largest absolute Gasteiger partial charge is 0.507 e. The zero-order valence-corrected chi connectivity index (χ0v) is 13.5. The van der Waals surface area contributed by atoms with Crippen LogP contribution in [-0.2, 0) is 0 Å². The minimum atomic E-state index is -0.762. The second kappa shape index (κ2) is 6.00. The van der Waals surface area contributed by atoms with Crippen LogP contribution in [0.15, 0.2) is 18.2 Å². The summed E-state index contributed by atoms with van der Waals surface area (Å²) in [6, 6.07) is 7.05. The van der Waals surface area contributed by atoms with Gasteiger partial charge in [-0.3, -0.25) is 4.79 Å². The van der Waals surface area contributed by atoms with Crippen LogP contribution in [0.1, 0.15) is 43.0 Å². The smallest absolute Gasteiger partial charge is 0.252 e. The number of phenols is 1. The Morgan fingerprint density at radius 1 is 1.50 bits per heavy atom. The molecular weight excluding hydrogens is 367 g/mol. The average Bonchev–Trinajstić information content (AvgIpc) is 2.44. The predicted molar refractivity (Wildman–Crippen MR) is 84.3 cm³/mol. The summed E-state index contributed by atoms with van der Waals surface area (Å²) in [6.07, 6.45) is 3.27. The molecule has 0 saturated heterocycles. The number of nitriles is 1. The van der Waals surface area contributed by atoms with Gasteiger partial charge >= 0.3 is 0 Å². The third-order valence-electron chi connectivity index (χ3n) is 3.90. The molecule has 2 N–H and O–H groups in total. The Labute approximate surface area is 132 Å². The van der Waals surface area contributed by atoms with E-state index in [1.54, 1.807) is 12.1 Å². The molecule has 5 heteroatoms. The molecule has 1 fully saturated rings. The number of nitrogens with zero attached hydrogens (tertiary/aromatic N) is 1. The molecule has 0 heterocycles. The molecule has 0 aliphatic heterocycles. The maximum absolute atomic E-state index is 12.2. The van der Waals surface area contributed by atoms with Gasteiger partial charge in [0.15, 0.2) is 0 Å². The third kappa shape index (κ3) is 3.23. The number of hydrogen-bond acceptors (Lipinski definition) is 3. The maximum atomic E-state index is 12.2. The molecule has 0 radical (unpaired) electrons. The number of carbonyl (C=O) groups is 1. The van der Waals surface area contributed by atoms with Gasteiger partial charge in [0.05, 0.1) is 9.64 Å². The van der Waals surface area contributed by atoms with Crippen molar-refractivity contribution >= 4 is 28.5 Å². The lowest BCUT2D eigenvalue weighted by atomic mass is 9.78. The highest BCUT2D eigenvalue weighted by molar-refractivity contribution is 14.1. The number of amides is 1. The molecule has 1 aliphatic rings. The molecule has 106 valence electrons. The first-order valence-corrected chi connectivity index (χ1v) is 7.76. The fraction of sp³-hybridized carbons (Fsp3) is 0.467. The molecule has 0 aromatic heterocycles. The molecule has 0 unspecified atom stereocenters. The Hall–Kier alpha value is -1.29. The Morgan fingerprint density at radius 3 is 2.70 bits per heavy atom. The van der Waals surface area contributed by atoms with Crippen LogP contribution in [0.5, 0.6) is 5.75 Å². The summed E-state index contributed by atoms with van der Waals surface area (Å²) in [6.45, 7) is 2.17. The van der Waals surface area contributed by atoms with E-state index in [4.69, 9.17) is 0 Å². The van der Waals surface area contributed by atoms with E-state index >= 15 is 0 Å². The molecule has 1 aromatic carbocycles. The van der Waals surface area contributed by atoms with Gasteiger partial charge in [-0.2, -0.15) is 5.26 Å².